The molecule has 4 heteroatoms. The van der Waals surface area contributed by atoms with Crippen molar-refractivity contribution in [2.75, 3.05) is 11.9 Å². The molecule has 0 saturated carbocycles. The molecule has 1 atom stereocenters. The second-order valence-electron chi connectivity index (χ2n) is 2.09. The maximum Gasteiger partial charge on any atom is 0.307 e. The van der Waals surface area contributed by atoms with Gasteiger partial charge in [-0.3, -0.25) is 4.79 Å². The van der Waals surface area contributed by atoms with Gasteiger partial charge in [0.1, 0.15) is 0 Å². The van der Waals surface area contributed by atoms with Crippen LogP contribution >= 0.6 is 23.2 Å². The van der Waals surface area contributed by atoms with Gasteiger partial charge in [0.05, 0.1) is 0 Å². The summed E-state index contributed by atoms with van der Waals surface area (Å²) in [4.78, 5) is 10.6. The number of hydrogen-bond acceptors (Lipinski definition) is 2. The van der Waals surface area contributed by atoms with Gasteiger partial charge in [0.25, 0.3) is 0 Å². The molecule has 0 aliphatic carbocycles. The number of esters is 1. The summed E-state index contributed by atoms with van der Waals surface area (Å²) >= 11 is 10.6. The molecule has 0 aromatic rings. The molecule has 0 amide bonds. The Bertz CT molecular complexity index is 106. The third-order valence-corrected chi connectivity index (χ3v) is 1.63. The Morgan fingerprint density at radius 1 is 1.60 bits per heavy atom. The number of rotatable bonds is 4. The number of halogens is 2. The lowest BCUT2D eigenvalue weighted by atomic mass is 10.1. The van der Waals surface area contributed by atoms with E-state index in [1.165, 1.54) is 0 Å². The van der Waals surface area contributed by atoms with Gasteiger partial charge in [0.2, 0.25) is 0 Å². The van der Waals surface area contributed by atoms with Crippen LogP contribution in [-0.2, 0) is 9.53 Å². The van der Waals surface area contributed by atoms with Gasteiger partial charge in [-0.05, 0) is 5.92 Å². The quantitative estimate of drug-likeness (QED) is 0.494. The molecule has 10 heavy (non-hydrogen) atoms. The van der Waals surface area contributed by atoms with Gasteiger partial charge in [-0.15, -0.1) is 11.6 Å². The minimum atomic E-state index is -0.289. The van der Waals surface area contributed by atoms with Crippen molar-refractivity contribution in [2.45, 2.75) is 13.3 Å². The van der Waals surface area contributed by atoms with Gasteiger partial charge in [0.15, 0.2) is 6.07 Å². The van der Waals surface area contributed by atoms with Crippen molar-refractivity contribution in [1.82, 2.24) is 0 Å². The molecule has 0 saturated heterocycles. The summed E-state index contributed by atoms with van der Waals surface area (Å²) < 4.78 is 4.48. The fourth-order valence-electron chi connectivity index (χ4n) is 0.459. The third-order valence-electron chi connectivity index (χ3n) is 0.994. The predicted octanol–water partition coefficient (Wildman–Crippen LogP) is 1.99. The first kappa shape index (κ1) is 10.0. The Morgan fingerprint density at radius 2 is 2.20 bits per heavy atom. The first-order valence-corrected chi connectivity index (χ1v) is 4.05. The second kappa shape index (κ2) is 5.81. The molecule has 0 aromatic heterocycles. The Labute approximate surface area is 70.4 Å². The zero-order chi connectivity index (χ0) is 7.98. The molecule has 1 unspecified atom stereocenters. The number of carbonyl (C=O) groups is 1. The van der Waals surface area contributed by atoms with Gasteiger partial charge >= 0.3 is 5.97 Å². The van der Waals surface area contributed by atoms with Crippen molar-refractivity contribution in [1.29, 1.82) is 0 Å². The summed E-state index contributed by atoms with van der Waals surface area (Å²) in [5, 5.41) is 0. The molecule has 0 aliphatic heterocycles. The van der Waals surface area contributed by atoms with Crippen LogP contribution in [0.4, 0.5) is 0 Å². The maximum atomic E-state index is 10.6. The van der Waals surface area contributed by atoms with E-state index in [2.05, 4.69) is 4.74 Å². The van der Waals surface area contributed by atoms with Gasteiger partial charge < -0.3 is 4.74 Å². The average molecular weight is 185 g/mol. The standard InChI is InChI=1S/C6H10Cl2O2/c1-5(3-7)2-6(9)10-4-8/h5H,2-4H2,1H3. The molecular formula is C6H10Cl2O2. The first-order valence-electron chi connectivity index (χ1n) is 2.98. The van der Waals surface area contributed by atoms with Crippen molar-refractivity contribution in [3.63, 3.8) is 0 Å². The van der Waals surface area contributed by atoms with Gasteiger partial charge in [-0.25, -0.2) is 0 Å². The lowest BCUT2D eigenvalue weighted by Gasteiger charge is -2.04. The summed E-state index contributed by atoms with van der Waals surface area (Å²) in [6.45, 7) is 1.88. The fourth-order valence-corrected chi connectivity index (χ4v) is 0.690. The molecule has 0 radical (unpaired) electrons. The van der Waals surface area contributed by atoms with Gasteiger partial charge in [-0.1, -0.05) is 18.5 Å². The maximum absolute atomic E-state index is 10.6. The number of ether oxygens (including phenoxy) is 1. The van der Waals surface area contributed by atoms with E-state index in [4.69, 9.17) is 23.2 Å². The summed E-state index contributed by atoms with van der Waals surface area (Å²) in [5.74, 6) is 0.345. The predicted molar refractivity (Wildman–Crippen MR) is 41.3 cm³/mol. The summed E-state index contributed by atoms with van der Waals surface area (Å²) in [7, 11) is 0. The number of alkyl halides is 2. The van der Waals surface area contributed by atoms with Crippen LogP contribution in [0.15, 0.2) is 0 Å². The van der Waals surface area contributed by atoms with Crippen molar-refractivity contribution >= 4 is 29.2 Å². The van der Waals surface area contributed by atoms with E-state index in [-0.39, 0.29) is 18.0 Å². The van der Waals surface area contributed by atoms with Crippen LogP contribution in [-0.4, -0.2) is 17.9 Å². The van der Waals surface area contributed by atoms with Crippen LogP contribution in [0, 0.1) is 5.92 Å². The molecule has 0 spiro atoms. The monoisotopic (exact) mass is 184 g/mol. The zero-order valence-corrected chi connectivity index (χ0v) is 7.28. The van der Waals surface area contributed by atoms with E-state index >= 15 is 0 Å². The molecule has 0 N–H and O–H groups in total. The fraction of sp³-hybridized carbons (Fsp3) is 0.833. The molecule has 0 aliphatic rings. The minimum Gasteiger partial charge on any atom is -0.449 e. The summed E-state index contributed by atoms with van der Waals surface area (Å²) in [5.41, 5.74) is 0. The van der Waals surface area contributed by atoms with Crippen LogP contribution in [0.1, 0.15) is 13.3 Å². The molecule has 0 heterocycles. The Morgan fingerprint density at radius 3 is 2.60 bits per heavy atom. The topological polar surface area (TPSA) is 26.3 Å². The highest BCUT2D eigenvalue weighted by Gasteiger charge is 2.07. The lowest BCUT2D eigenvalue weighted by molar-refractivity contribution is -0.142. The van der Waals surface area contributed by atoms with Crippen molar-refractivity contribution in [3.05, 3.63) is 0 Å². The summed E-state index contributed by atoms with van der Waals surface area (Å²) in [6, 6.07) is -0.0756. The largest absolute Gasteiger partial charge is 0.449 e. The highest BCUT2D eigenvalue weighted by Crippen LogP contribution is 2.05. The van der Waals surface area contributed by atoms with Crippen LogP contribution in [0.2, 0.25) is 0 Å². The van der Waals surface area contributed by atoms with Crippen LogP contribution in [0.5, 0.6) is 0 Å². The van der Waals surface area contributed by atoms with Crippen molar-refractivity contribution in [2.24, 2.45) is 5.92 Å². The number of hydrogen-bond donors (Lipinski definition) is 0. The van der Waals surface area contributed by atoms with E-state index in [0.29, 0.717) is 12.3 Å². The van der Waals surface area contributed by atoms with E-state index in [0.717, 1.165) is 0 Å². The first-order chi connectivity index (χ1) is 4.70. The van der Waals surface area contributed by atoms with Crippen molar-refractivity contribution < 1.29 is 9.53 Å². The zero-order valence-electron chi connectivity index (χ0n) is 5.77. The molecule has 0 fully saturated rings. The molecule has 60 valence electrons. The molecule has 0 aromatic carbocycles. The van der Waals surface area contributed by atoms with Gasteiger partial charge in [-0.2, -0.15) is 0 Å². The molecular weight excluding hydrogens is 175 g/mol. The van der Waals surface area contributed by atoms with Gasteiger partial charge in [0, 0.05) is 12.3 Å². The Hall–Kier alpha value is 0.0500. The second-order valence-corrected chi connectivity index (χ2v) is 2.62. The van der Waals surface area contributed by atoms with Crippen molar-refractivity contribution in [3.8, 4) is 0 Å². The lowest BCUT2D eigenvalue weighted by Crippen LogP contribution is -2.09. The molecule has 0 rings (SSSR count). The van der Waals surface area contributed by atoms with E-state index in [9.17, 15) is 4.79 Å². The average Bonchev–Trinajstić information content (AvgIpc) is 1.88. The van der Waals surface area contributed by atoms with E-state index in [1.807, 2.05) is 6.92 Å². The molecule has 2 nitrogen and oxygen atoms in total. The minimum absolute atomic E-state index is 0.0756. The molecule has 0 bridgehead atoms. The third kappa shape index (κ3) is 4.89. The Balaban J connectivity index is 3.37. The normalized spacial score (nSPS) is 12.7. The van der Waals surface area contributed by atoms with Crippen LogP contribution in [0.25, 0.3) is 0 Å². The van der Waals surface area contributed by atoms with Crippen LogP contribution in [0.3, 0.4) is 0 Å². The summed E-state index contributed by atoms with van der Waals surface area (Å²) in [6.07, 6.45) is 0.343. The highest BCUT2D eigenvalue weighted by molar-refractivity contribution is 6.18. The Kier molecular flexibility index (Phi) is 5.84. The van der Waals surface area contributed by atoms with Crippen LogP contribution < -0.4 is 0 Å². The smallest absolute Gasteiger partial charge is 0.307 e. The van der Waals surface area contributed by atoms with E-state index < -0.39 is 0 Å². The number of carbonyl (C=O) groups excluding carboxylic acids is 1. The van der Waals surface area contributed by atoms with E-state index in [1.54, 1.807) is 0 Å². The highest BCUT2D eigenvalue weighted by atomic mass is 35.5. The SMILES string of the molecule is CC(CCl)CC(=O)OCCl.